The lowest BCUT2D eigenvalue weighted by Crippen LogP contribution is -2.18. The summed E-state index contributed by atoms with van der Waals surface area (Å²) in [6.45, 7) is 6.09. The first-order valence-electron chi connectivity index (χ1n) is 6.72. The van der Waals surface area contributed by atoms with Crippen LogP contribution in [0, 0.1) is 0 Å². The summed E-state index contributed by atoms with van der Waals surface area (Å²) in [6, 6.07) is 6.05. The Kier molecular flexibility index (Phi) is 4.68. The molecule has 2 rings (SSSR count). The summed E-state index contributed by atoms with van der Waals surface area (Å²) in [6.07, 6.45) is 4.27. The summed E-state index contributed by atoms with van der Waals surface area (Å²) < 4.78 is 7.75. The van der Waals surface area contributed by atoms with Crippen molar-refractivity contribution in [2.45, 2.75) is 39.3 Å². The van der Waals surface area contributed by atoms with Crippen LogP contribution in [0.2, 0.25) is 5.02 Å². The van der Waals surface area contributed by atoms with Crippen LogP contribution in [0.1, 0.15) is 32.4 Å². The van der Waals surface area contributed by atoms with Gasteiger partial charge in [-0.1, -0.05) is 23.7 Å². The molecule has 0 spiro atoms. The summed E-state index contributed by atoms with van der Waals surface area (Å²) in [5.74, 6) is 1.34. The lowest BCUT2D eigenvalue weighted by atomic mass is 10.1. The van der Waals surface area contributed by atoms with E-state index in [4.69, 9.17) is 22.1 Å². The van der Waals surface area contributed by atoms with Gasteiger partial charge in [-0.2, -0.15) is 5.10 Å². The van der Waals surface area contributed by atoms with Gasteiger partial charge in [-0.25, -0.2) is 0 Å². The molecular formula is C15H20ClN3O. The average molecular weight is 294 g/mol. The normalized spacial score (nSPS) is 12.7. The Labute approximate surface area is 124 Å². The number of hydrogen-bond donors (Lipinski definition) is 1. The van der Waals surface area contributed by atoms with E-state index in [1.165, 1.54) is 0 Å². The number of ether oxygens (including phenoxy) is 1. The molecular weight excluding hydrogens is 274 g/mol. The smallest absolute Gasteiger partial charge is 0.165 e. The van der Waals surface area contributed by atoms with Gasteiger partial charge in [0.05, 0.1) is 17.4 Å². The fraction of sp³-hybridized carbons (Fsp3) is 0.400. The van der Waals surface area contributed by atoms with Crippen LogP contribution >= 0.6 is 11.6 Å². The van der Waals surface area contributed by atoms with E-state index in [1.54, 1.807) is 6.20 Å². The number of aromatic nitrogens is 2. The zero-order chi connectivity index (χ0) is 14.7. The summed E-state index contributed by atoms with van der Waals surface area (Å²) in [5.41, 5.74) is 6.87. The monoisotopic (exact) mass is 293 g/mol. The quantitative estimate of drug-likeness (QED) is 0.912. The fourth-order valence-electron chi connectivity index (χ4n) is 1.95. The molecule has 1 unspecified atom stereocenters. The van der Waals surface area contributed by atoms with Crippen LogP contribution in [-0.2, 0) is 6.42 Å². The average Bonchev–Trinajstić information content (AvgIpc) is 2.81. The molecule has 5 heteroatoms. The number of hydrogen-bond acceptors (Lipinski definition) is 3. The molecule has 0 radical (unpaired) electrons. The van der Waals surface area contributed by atoms with Gasteiger partial charge in [0, 0.05) is 12.1 Å². The molecule has 2 N–H and O–H groups in total. The van der Waals surface area contributed by atoms with Gasteiger partial charge in [0.25, 0.3) is 0 Å². The second-order valence-electron chi connectivity index (χ2n) is 5.26. The Balaban J connectivity index is 2.27. The van der Waals surface area contributed by atoms with Crippen LogP contribution in [0.3, 0.4) is 0 Å². The Morgan fingerprint density at radius 3 is 2.70 bits per heavy atom. The number of para-hydroxylation sites is 1. The van der Waals surface area contributed by atoms with Crippen LogP contribution < -0.4 is 10.5 Å². The standard InChI is InChI=1S/C15H20ClN3O/c1-10(2)19-9-13(8-18-19)20-15-12(7-11(3)17)5-4-6-14(15)16/h4-6,8-11H,7,17H2,1-3H3. The lowest BCUT2D eigenvalue weighted by molar-refractivity contribution is 0.469. The number of rotatable bonds is 5. The highest BCUT2D eigenvalue weighted by atomic mass is 35.5. The molecule has 0 aliphatic heterocycles. The molecule has 0 bridgehead atoms. The maximum Gasteiger partial charge on any atom is 0.165 e. The minimum atomic E-state index is 0.0502. The molecule has 2 aromatic rings. The minimum absolute atomic E-state index is 0.0502. The summed E-state index contributed by atoms with van der Waals surface area (Å²) in [5, 5.41) is 4.84. The van der Waals surface area contributed by atoms with Crippen molar-refractivity contribution in [1.29, 1.82) is 0 Å². The Morgan fingerprint density at radius 2 is 2.10 bits per heavy atom. The zero-order valence-corrected chi connectivity index (χ0v) is 12.8. The highest BCUT2D eigenvalue weighted by molar-refractivity contribution is 6.32. The van der Waals surface area contributed by atoms with Gasteiger partial charge in [-0.15, -0.1) is 0 Å². The van der Waals surface area contributed by atoms with Crippen molar-refractivity contribution < 1.29 is 4.74 Å². The third-order valence-corrected chi connectivity index (χ3v) is 3.21. The highest BCUT2D eigenvalue weighted by Crippen LogP contribution is 2.33. The summed E-state index contributed by atoms with van der Waals surface area (Å²) in [4.78, 5) is 0. The van der Waals surface area contributed by atoms with Gasteiger partial charge in [-0.05, 0) is 38.8 Å². The van der Waals surface area contributed by atoms with Crippen LogP contribution in [0.15, 0.2) is 30.6 Å². The van der Waals surface area contributed by atoms with E-state index in [-0.39, 0.29) is 6.04 Å². The van der Waals surface area contributed by atoms with Gasteiger partial charge in [-0.3, -0.25) is 4.68 Å². The molecule has 0 aliphatic rings. The van der Waals surface area contributed by atoms with Crippen molar-refractivity contribution in [3.05, 3.63) is 41.2 Å². The second kappa shape index (κ2) is 6.29. The molecule has 1 aromatic heterocycles. The fourth-order valence-corrected chi connectivity index (χ4v) is 2.18. The van der Waals surface area contributed by atoms with E-state index in [2.05, 4.69) is 18.9 Å². The Hall–Kier alpha value is -1.52. The van der Waals surface area contributed by atoms with E-state index in [9.17, 15) is 0 Å². The third kappa shape index (κ3) is 3.52. The SMILES string of the molecule is CC(N)Cc1cccc(Cl)c1Oc1cnn(C(C)C)c1. The molecule has 0 saturated heterocycles. The summed E-state index contributed by atoms with van der Waals surface area (Å²) >= 11 is 6.24. The van der Waals surface area contributed by atoms with Crippen LogP contribution in [-0.4, -0.2) is 15.8 Å². The van der Waals surface area contributed by atoms with Gasteiger partial charge >= 0.3 is 0 Å². The van der Waals surface area contributed by atoms with Gasteiger partial charge in [0.15, 0.2) is 5.75 Å². The molecule has 1 atom stereocenters. The van der Waals surface area contributed by atoms with Crippen molar-refractivity contribution in [1.82, 2.24) is 9.78 Å². The van der Waals surface area contributed by atoms with E-state index in [0.29, 0.717) is 29.0 Å². The molecule has 0 aliphatic carbocycles. The Bertz CT molecular complexity index is 578. The van der Waals surface area contributed by atoms with E-state index in [0.717, 1.165) is 5.56 Å². The van der Waals surface area contributed by atoms with Crippen LogP contribution in [0.25, 0.3) is 0 Å². The van der Waals surface area contributed by atoms with Gasteiger partial charge < -0.3 is 10.5 Å². The topological polar surface area (TPSA) is 53.1 Å². The zero-order valence-electron chi connectivity index (χ0n) is 12.0. The third-order valence-electron chi connectivity index (χ3n) is 2.92. The summed E-state index contributed by atoms with van der Waals surface area (Å²) in [7, 11) is 0. The van der Waals surface area contributed by atoms with E-state index in [1.807, 2.05) is 36.0 Å². The van der Waals surface area contributed by atoms with Crippen molar-refractivity contribution >= 4 is 11.6 Å². The molecule has 0 fully saturated rings. The van der Waals surface area contributed by atoms with E-state index >= 15 is 0 Å². The second-order valence-corrected chi connectivity index (χ2v) is 5.67. The number of nitrogens with two attached hydrogens (primary N) is 1. The first-order chi connectivity index (χ1) is 9.47. The maximum atomic E-state index is 6.24. The molecule has 0 amide bonds. The van der Waals surface area contributed by atoms with Gasteiger partial charge in [0.2, 0.25) is 0 Å². The van der Waals surface area contributed by atoms with Crippen molar-refractivity contribution in [3.63, 3.8) is 0 Å². The molecule has 0 saturated carbocycles. The largest absolute Gasteiger partial charge is 0.452 e. The van der Waals surface area contributed by atoms with Gasteiger partial charge in [0.1, 0.15) is 5.75 Å². The molecule has 1 aromatic carbocycles. The number of nitrogens with zero attached hydrogens (tertiary/aromatic N) is 2. The minimum Gasteiger partial charge on any atom is -0.452 e. The number of benzene rings is 1. The molecule has 1 heterocycles. The molecule has 20 heavy (non-hydrogen) atoms. The molecule has 4 nitrogen and oxygen atoms in total. The first-order valence-corrected chi connectivity index (χ1v) is 7.10. The number of halogens is 1. The highest BCUT2D eigenvalue weighted by Gasteiger charge is 2.12. The Morgan fingerprint density at radius 1 is 1.35 bits per heavy atom. The van der Waals surface area contributed by atoms with E-state index < -0.39 is 0 Å². The maximum absolute atomic E-state index is 6.24. The predicted octanol–water partition coefficient (Wildman–Crippen LogP) is 3.80. The van der Waals surface area contributed by atoms with Crippen molar-refractivity contribution in [3.8, 4) is 11.5 Å². The van der Waals surface area contributed by atoms with Crippen LogP contribution in [0.4, 0.5) is 0 Å². The lowest BCUT2D eigenvalue weighted by Gasteiger charge is -2.13. The van der Waals surface area contributed by atoms with Crippen LogP contribution in [0.5, 0.6) is 11.5 Å². The predicted molar refractivity (Wildman–Crippen MR) is 81.5 cm³/mol. The van der Waals surface area contributed by atoms with Crippen molar-refractivity contribution in [2.24, 2.45) is 5.73 Å². The van der Waals surface area contributed by atoms with Crippen molar-refractivity contribution in [2.75, 3.05) is 0 Å². The molecule has 108 valence electrons. The first kappa shape index (κ1) is 14.9.